The molecule has 0 aromatic rings. The Balaban J connectivity index is 0. The van der Waals surface area contributed by atoms with Gasteiger partial charge >= 0.3 is 12.6 Å². The molecule has 0 amide bonds. The van der Waals surface area contributed by atoms with E-state index < -0.39 is 12.6 Å². The Kier molecular flexibility index (Phi) is 6.64. The van der Waals surface area contributed by atoms with Crippen molar-refractivity contribution >= 4 is 0 Å². The summed E-state index contributed by atoms with van der Waals surface area (Å²) in [6.07, 6.45) is -9.53. The molecule has 0 rings (SSSR count). The number of alkyl halides is 5. The van der Waals surface area contributed by atoms with Crippen molar-refractivity contribution in [3.05, 3.63) is 0 Å². The van der Waals surface area contributed by atoms with Crippen molar-refractivity contribution in [1.29, 1.82) is 0 Å². The van der Waals surface area contributed by atoms with Crippen molar-refractivity contribution in [3.63, 3.8) is 0 Å². The highest BCUT2D eigenvalue weighted by atomic mass is 19.4. The van der Waals surface area contributed by atoms with Crippen molar-refractivity contribution in [2.45, 2.75) is 12.6 Å². The third-order valence-electron chi connectivity index (χ3n) is 0.247. The van der Waals surface area contributed by atoms with Crippen molar-refractivity contribution in [1.82, 2.24) is 0 Å². The Morgan fingerprint density at radius 1 is 1.10 bits per heavy atom. The minimum absolute atomic E-state index is 1.62. The van der Waals surface area contributed by atoms with Gasteiger partial charge in [-0.05, 0) is 0 Å². The van der Waals surface area contributed by atoms with Gasteiger partial charge in [0.15, 0.2) is 0 Å². The van der Waals surface area contributed by atoms with Crippen LogP contribution in [-0.2, 0) is 4.74 Å². The molecule has 0 heterocycles. The summed E-state index contributed by atoms with van der Waals surface area (Å²) in [4.78, 5) is 0. The molecule has 0 fully saturated rings. The van der Waals surface area contributed by atoms with Gasteiger partial charge in [-0.3, -0.25) is 0 Å². The zero-order valence-electron chi connectivity index (χ0n) is 5.38. The number of methoxy groups -OCH3 is 1. The lowest BCUT2D eigenvalue weighted by atomic mass is 10.7. The smallest absolute Gasteiger partial charge is 0.388 e. The van der Waals surface area contributed by atoms with E-state index in [9.17, 15) is 22.0 Å². The van der Waals surface area contributed by atoms with Gasteiger partial charge in [0, 0.05) is 14.2 Å². The van der Waals surface area contributed by atoms with E-state index in [4.69, 9.17) is 0 Å². The molecule has 0 bridgehead atoms. The Labute approximate surface area is 54.8 Å². The van der Waals surface area contributed by atoms with Gasteiger partial charge < -0.3 is 4.74 Å². The third-order valence-corrected chi connectivity index (χ3v) is 0.247. The molecule has 0 aromatic heterocycles. The van der Waals surface area contributed by atoms with Crippen molar-refractivity contribution in [2.75, 3.05) is 14.2 Å². The quantitative estimate of drug-likeness (QED) is 0.500. The van der Waals surface area contributed by atoms with Crippen LogP contribution in [0.4, 0.5) is 22.0 Å². The number of rotatable bonds is 0. The van der Waals surface area contributed by atoms with Crippen LogP contribution in [-0.4, -0.2) is 26.8 Å². The zero-order valence-corrected chi connectivity index (χ0v) is 5.38. The third kappa shape index (κ3) is 10.6. The second-order valence-electron chi connectivity index (χ2n) is 1.25. The first-order valence-electron chi connectivity index (χ1n) is 2.11. The van der Waals surface area contributed by atoms with Crippen LogP contribution < -0.4 is 0 Å². The van der Waals surface area contributed by atoms with Crippen molar-refractivity contribution in [2.24, 2.45) is 0 Å². The Hall–Kier alpha value is -0.390. The molecule has 0 spiro atoms. The molecule has 10 heavy (non-hydrogen) atoms. The first-order chi connectivity index (χ1) is 4.36. The first-order valence-corrected chi connectivity index (χ1v) is 2.11. The van der Waals surface area contributed by atoms with Crippen molar-refractivity contribution in [3.8, 4) is 0 Å². The molecule has 64 valence electrons. The molecule has 0 aromatic carbocycles. The molecule has 0 saturated carbocycles. The predicted molar refractivity (Wildman–Crippen MR) is 25.0 cm³/mol. The topological polar surface area (TPSA) is 9.23 Å². The molecule has 0 unspecified atom stereocenters. The maximum atomic E-state index is 10.4. The molecule has 1 nitrogen and oxygen atoms in total. The van der Waals surface area contributed by atoms with Gasteiger partial charge in [0.2, 0.25) is 0 Å². The van der Waals surface area contributed by atoms with Crippen LogP contribution in [0, 0.1) is 0 Å². The summed E-state index contributed by atoms with van der Waals surface area (Å²) in [6, 6.07) is 0. The highest BCUT2D eigenvalue weighted by Gasteiger charge is 2.40. The average Bonchev–Trinajstić information content (AvgIpc) is 1.64. The minimum atomic E-state index is -5.33. The summed E-state index contributed by atoms with van der Waals surface area (Å²) in [6.45, 7) is 0. The minimum Gasteiger partial charge on any atom is -0.388 e. The second kappa shape index (κ2) is 5.40. The van der Waals surface area contributed by atoms with Gasteiger partial charge in [-0.1, -0.05) is 0 Å². The number of hydrogen-bond acceptors (Lipinski definition) is 1. The van der Waals surface area contributed by atoms with Gasteiger partial charge in [-0.15, -0.1) is 0 Å². The fraction of sp³-hybridized carbons (Fsp3) is 1.00. The number of ether oxygens (including phenoxy) is 1. The van der Waals surface area contributed by atoms with Crippen molar-refractivity contribution < 1.29 is 26.7 Å². The highest BCUT2D eigenvalue weighted by Crippen LogP contribution is 2.22. The van der Waals surface area contributed by atoms with Gasteiger partial charge in [-0.25, -0.2) is 8.78 Å². The average molecular weight is 166 g/mol. The summed E-state index contributed by atoms with van der Waals surface area (Å²) in [7, 11) is 3.25. The summed E-state index contributed by atoms with van der Waals surface area (Å²) in [5, 5.41) is 0. The molecule has 0 radical (unpaired) electrons. The van der Waals surface area contributed by atoms with E-state index in [1.54, 1.807) is 14.2 Å². The van der Waals surface area contributed by atoms with E-state index in [-0.39, 0.29) is 0 Å². The lowest BCUT2D eigenvalue weighted by Crippen LogP contribution is -2.18. The second-order valence-corrected chi connectivity index (χ2v) is 1.25. The van der Waals surface area contributed by atoms with E-state index in [0.29, 0.717) is 0 Å². The summed E-state index contributed by atoms with van der Waals surface area (Å²) in [5.41, 5.74) is 0. The maximum Gasteiger partial charge on any atom is 0.450 e. The van der Waals surface area contributed by atoms with Gasteiger partial charge in [0.05, 0.1) is 0 Å². The van der Waals surface area contributed by atoms with Crippen LogP contribution in [0.15, 0.2) is 0 Å². The van der Waals surface area contributed by atoms with E-state index in [1.807, 2.05) is 0 Å². The maximum absolute atomic E-state index is 10.4. The number of hydrogen-bond donors (Lipinski definition) is 0. The lowest BCUT2D eigenvalue weighted by molar-refractivity contribution is -0.219. The molecular weight excluding hydrogens is 159 g/mol. The van der Waals surface area contributed by atoms with Crippen LogP contribution in [0.2, 0.25) is 0 Å². The Morgan fingerprint density at radius 3 is 1.20 bits per heavy atom. The SMILES string of the molecule is COC.FC(F)C(F)(F)F. The fourth-order valence-electron chi connectivity index (χ4n) is 0. The van der Waals surface area contributed by atoms with E-state index >= 15 is 0 Å². The van der Waals surface area contributed by atoms with E-state index in [2.05, 4.69) is 4.74 Å². The van der Waals surface area contributed by atoms with Gasteiger partial charge in [-0.2, -0.15) is 13.2 Å². The summed E-state index contributed by atoms with van der Waals surface area (Å²) < 4.78 is 56.4. The van der Waals surface area contributed by atoms with Crippen LogP contribution in [0.3, 0.4) is 0 Å². The fourth-order valence-corrected chi connectivity index (χ4v) is 0. The molecule has 0 aliphatic carbocycles. The lowest BCUT2D eigenvalue weighted by Gasteiger charge is -2.00. The van der Waals surface area contributed by atoms with Gasteiger partial charge in [0.25, 0.3) is 0 Å². The summed E-state index contributed by atoms with van der Waals surface area (Å²) in [5.74, 6) is 0. The predicted octanol–water partition coefficient (Wildman–Crippen LogP) is 2.08. The van der Waals surface area contributed by atoms with Gasteiger partial charge in [0.1, 0.15) is 0 Å². The monoisotopic (exact) mass is 166 g/mol. The highest BCUT2D eigenvalue weighted by molar-refractivity contribution is 4.48. The van der Waals surface area contributed by atoms with E-state index in [1.165, 1.54) is 0 Å². The van der Waals surface area contributed by atoms with Crippen LogP contribution >= 0.6 is 0 Å². The molecule has 0 N–H and O–H groups in total. The molecule has 0 aliphatic rings. The largest absolute Gasteiger partial charge is 0.450 e. The molecule has 0 saturated heterocycles. The molecule has 0 atom stereocenters. The molecule has 6 heteroatoms. The van der Waals surface area contributed by atoms with E-state index in [0.717, 1.165) is 0 Å². The normalized spacial score (nSPS) is 10.8. The zero-order chi connectivity index (χ0) is 8.78. The van der Waals surface area contributed by atoms with Crippen LogP contribution in [0.25, 0.3) is 0 Å². The Morgan fingerprint density at radius 2 is 1.20 bits per heavy atom. The van der Waals surface area contributed by atoms with Crippen LogP contribution in [0.5, 0.6) is 0 Å². The summed E-state index contributed by atoms with van der Waals surface area (Å²) >= 11 is 0. The van der Waals surface area contributed by atoms with Crippen LogP contribution in [0.1, 0.15) is 0 Å². The molecular formula is C4H7F5O. The standard InChI is InChI=1S/C2HF5.C2H6O/c3-1(4)2(5,6)7;1-3-2/h1H;1-2H3. The Bertz CT molecular complexity index is 68.5. The number of halogens is 5. The first kappa shape index (κ1) is 12.3. The molecule has 0 aliphatic heterocycles.